The van der Waals surface area contributed by atoms with Crippen LogP contribution in [0.3, 0.4) is 0 Å². The first-order valence-electron chi connectivity index (χ1n) is 7.08. The van der Waals surface area contributed by atoms with Gasteiger partial charge in [-0.05, 0) is 19.3 Å². The van der Waals surface area contributed by atoms with Crippen LogP contribution in [0.25, 0.3) is 0 Å². The number of aliphatic hydroxyl groups is 1. The minimum Gasteiger partial charge on any atom is -0.391 e. The smallest absolute Gasteiger partial charge is 0.185 e. The molecule has 1 fully saturated rings. The summed E-state index contributed by atoms with van der Waals surface area (Å²) in [6.45, 7) is 2.29. The molecular weight excluding hydrogens is 244 g/mol. The van der Waals surface area contributed by atoms with Crippen LogP contribution in [0.4, 0.5) is 5.13 Å². The van der Waals surface area contributed by atoms with Crippen LogP contribution < -0.4 is 4.90 Å². The van der Waals surface area contributed by atoms with Crippen LogP contribution in [0.5, 0.6) is 0 Å². The molecule has 18 heavy (non-hydrogen) atoms. The molecule has 0 aromatic carbocycles. The summed E-state index contributed by atoms with van der Waals surface area (Å²) in [6, 6.07) is 0.644. The van der Waals surface area contributed by atoms with E-state index in [1.807, 2.05) is 0 Å². The van der Waals surface area contributed by atoms with E-state index in [0.717, 1.165) is 28.5 Å². The molecule has 0 radical (unpaired) electrons. The minimum atomic E-state index is 0.130. The van der Waals surface area contributed by atoms with Crippen molar-refractivity contribution in [3.05, 3.63) is 10.6 Å². The first kappa shape index (κ1) is 13.8. The van der Waals surface area contributed by atoms with Crippen molar-refractivity contribution in [3.8, 4) is 0 Å². The second-order valence-corrected chi connectivity index (χ2v) is 6.24. The lowest BCUT2D eigenvalue weighted by Crippen LogP contribution is -2.33. The van der Waals surface area contributed by atoms with Gasteiger partial charge in [0.25, 0.3) is 0 Å². The summed E-state index contributed by atoms with van der Waals surface area (Å²) in [4.78, 5) is 8.12. The van der Waals surface area contributed by atoms with E-state index in [1.54, 1.807) is 11.3 Å². The van der Waals surface area contributed by atoms with Crippen LogP contribution in [-0.2, 0) is 13.0 Å². The summed E-state index contributed by atoms with van der Waals surface area (Å²) in [6.07, 6.45) is 8.70. The van der Waals surface area contributed by atoms with Gasteiger partial charge in [-0.15, -0.1) is 0 Å². The average molecular weight is 268 g/mol. The van der Waals surface area contributed by atoms with Crippen molar-refractivity contribution in [2.45, 2.75) is 64.5 Å². The molecule has 0 atom stereocenters. The molecule has 1 aromatic heterocycles. The lowest BCUT2D eigenvalue weighted by atomic mass is 9.95. The molecule has 0 saturated heterocycles. The van der Waals surface area contributed by atoms with Crippen LogP contribution in [0.1, 0.15) is 56.0 Å². The van der Waals surface area contributed by atoms with Gasteiger partial charge in [0.05, 0.1) is 17.2 Å². The largest absolute Gasteiger partial charge is 0.391 e. The van der Waals surface area contributed by atoms with Gasteiger partial charge in [-0.3, -0.25) is 0 Å². The van der Waals surface area contributed by atoms with Crippen molar-refractivity contribution in [2.75, 3.05) is 11.9 Å². The van der Waals surface area contributed by atoms with Crippen LogP contribution in [0.2, 0.25) is 0 Å². The van der Waals surface area contributed by atoms with E-state index < -0.39 is 0 Å². The number of nitrogens with zero attached hydrogens (tertiary/aromatic N) is 2. The van der Waals surface area contributed by atoms with Crippen molar-refractivity contribution in [1.29, 1.82) is 0 Å². The third-order valence-corrected chi connectivity index (χ3v) is 4.99. The molecule has 0 amide bonds. The Labute approximate surface area is 114 Å². The number of hydrogen-bond donors (Lipinski definition) is 1. The van der Waals surface area contributed by atoms with Gasteiger partial charge >= 0.3 is 0 Å². The predicted molar refractivity (Wildman–Crippen MR) is 77.3 cm³/mol. The fourth-order valence-corrected chi connectivity index (χ4v) is 3.70. The van der Waals surface area contributed by atoms with Crippen molar-refractivity contribution in [1.82, 2.24) is 4.98 Å². The molecular formula is C14H24N2OS. The van der Waals surface area contributed by atoms with Gasteiger partial charge in [-0.1, -0.05) is 43.9 Å². The number of aliphatic hydroxyl groups excluding tert-OH is 1. The van der Waals surface area contributed by atoms with Gasteiger partial charge in [0.2, 0.25) is 0 Å². The highest BCUT2D eigenvalue weighted by Crippen LogP contribution is 2.31. The summed E-state index contributed by atoms with van der Waals surface area (Å²) in [5.41, 5.74) is 1.10. The fourth-order valence-electron chi connectivity index (χ4n) is 2.70. The molecule has 2 rings (SSSR count). The topological polar surface area (TPSA) is 36.4 Å². The van der Waals surface area contributed by atoms with Gasteiger partial charge < -0.3 is 10.0 Å². The third-order valence-electron chi connectivity index (χ3n) is 3.82. The van der Waals surface area contributed by atoms with E-state index in [1.165, 1.54) is 32.1 Å². The zero-order chi connectivity index (χ0) is 13.0. The quantitative estimate of drug-likeness (QED) is 0.889. The van der Waals surface area contributed by atoms with Gasteiger partial charge in [0.15, 0.2) is 5.13 Å². The van der Waals surface area contributed by atoms with E-state index in [4.69, 9.17) is 4.98 Å². The number of rotatable bonds is 5. The molecule has 1 saturated carbocycles. The van der Waals surface area contributed by atoms with Gasteiger partial charge in [-0.2, -0.15) is 0 Å². The van der Waals surface area contributed by atoms with Gasteiger partial charge in [-0.25, -0.2) is 4.98 Å². The van der Waals surface area contributed by atoms with Crippen molar-refractivity contribution in [2.24, 2.45) is 0 Å². The summed E-state index contributed by atoms with van der Waals surface area (Å²) in [5, 5.41) is 10.5. The highest BCUT2D eigenvalue weighted by atomic mass is 32.1. The SMILES string of the molecule is CCCc1nc(N(C)C2CCCCC2)sc1CO. The van der Waals surface area contributed by atoms with E-state index in [2.05, 4.69) is 18.9 Å². The molecule has 0 aliphatic heterocycles. The van der Waals surface area contributed by atoms with Crippen molar-refractivity contribution in [3.63, 3.8) is 0 Å². The Hall–Kier alpha value is -0.610. The highest BCUT2D eigenvalue weighted by molar-refractivity contribution is 7.15. The molecule has 1 heterocycles. The first-order valence-corrected chi connectivity index (χ1v) is 7.90. The highest BCUT2D eigenvalue weighted by Gasteiger charge is 2.21. The van der Waals surface area contributed by atoms with Crippen LogP contribution in [0, 0.1) is 0 Å². The second kappa shape index (κ2) is 6.53. The van der Waals surface area contributed by atoms with Crippen molar-refractivity contribution < 1.29 is 5.11 Å². The summed E-state index contributed by atoms with van der Waals surface area (Å²) in [7, 11) is 2.16. The second-order valence-electron chi connectivity index (χ2n) is 5.18. The maximum Gasteiger partial charge on any atom is 0.185 e. The Morgan fingerprint density at radius 2 is 2.06 bits per heavy atom. The van der Waals surface area contributed by atoms with Crippen LogP contribution in [-0.4, -0.2) is 23.2 Å². The number of anilines is 1. The molecule has 0 unspecified atom stereocenters. The molecule has 3 nitrogen and oxygen atoms in total. The van der Waals surface area contributed by atoms with E-state index in [-0.39, 0.29) is 6.61 Å². The molecule has 0 spiro atoms. The fraction of sp³-hybridized carbons (Fsp3) is 0.786. The molecule has 4 heteroatoms. The molecule has 1 aliphatic carbocycles. The maximum atomic E-state index is 9.40. The standard InChI is InChI=1S/C14H24N2OS/c1-3-7-12-13(10-17)18-14(15-12)16(2)11-8-5-4-6-9-11/h11,17H,3-10H2,1-2H3. The Bertz CT molecular complexity index is 372. The molecule has 1 aliphatic rings. The lowest BCUT2D eigenvalue weighted by Gasteiger charge is -2.30. The number of hydrogen-bond acceptors (Lipinski definition) is 4. The monoisotopic (exact) mass is 268 g/mol. The van der Waals surface area contributed by atoms with E-state index in [9.17, 15) is 5.11 Å². The van der Waals surface area contributed by atoms with Crippen molar-refractivity contribution >= 4 is 16.5 Å². The average Bonchev–Trinajstić information content (AvgIpc) is 2.82. The maximum absolute atomic E-state index is 9.40. The van der Waals surface area contributed by atoms with Crippen LogP contribution >= 0.6 is 11.3 Å². The number of aromatic nitrogens is 1. The Kier molecular flexibility index (Phi) is 5.01. The summed E-state index contributed by atoms with van der Waals surface area (Å²) in [5.74, 6) is 0. The Balaban J connectivity index is 2.11. The summed E-state index contributed by atoms with van der Waals surface area (Å²) < 4.78 is 0. The number of thiazole rings is 1. The van der Waals surface area contributed by atoms with Gasteiger partial charge in [0.1, 0.15) is 0 Å². The van der Waals surface area contributed by atoms with E-state index in [0.29, 0.717) is 6.04 Å². The predicted octanol–water partition coefficient (Wildman–Crippen LogP) is 3.36. The third kappa shape index (κ3) is 3.04. The number of aryl methyl sites for hydroxylation is 1. The Morgan fingerprint density at radius 1 is 1.33 bits per heavy atom. The molecule has 1 aromatic rings. The normalized spacial score (nSPS) is 17.1. The zero-order valence-corrected chi connectivity index (χ0v) is 12.3. The minimum absolute atomic E-state index is 0.130. The molecule has 1 N–H and O–H groups in total. The summed E-state index contributed by atoms with van der Waals surface area (Å²) >= 11 is 1.67. The Morgan fingerprint density at radius 3 is 2.67 bits per heavy atom. The van der Waals surface area contributed by atoms with Crippen LogP contribution in [0.15, 0.2) is 0 Å². The van der Waals surface area contributed by atoms with Gasteiger partial charge in [0, 0.05) is 13.1 Å². The molecule has 0 bridgehead atoms. The van der Waals surface area contributed by atoms with E-state index >= 15 is 0 Å². The molecule has 102 valence electrons. The first-order chi connectivity index (χ1) is 8.76. The lowest BCUT2D eigenvalue weighted by molar-refractivity contribution is 0.284. The zero-order valence-electron chi connectivity index (χ0n) is 11.5.